The SMILES string of the molecule is COc1ccc(C(O)=C2C(=O)C(=O)N(CCCN(C)C)[C@@H]2c2ccc(C)cc2)cc1. The van der Waals surface area contributed by atoms with E-state index in [1.807, 2.05) is 50.2 Å². The van der Waals surface area contributed by atoms with E-state index in [-0.39, 0.29) is 11.3 Å². The Hall–Kier alpha value is -3.12. The number of aliphatic hydroxyl groups excluding tert-OH is 1. The lowest BCUT2D eigenvalue weighted by atomic mass is 9.94. The van der Waals surface area contributed by atoms with Gasteiger partial charge in [0.05, 0.1) is 18.7 Å². The first-order chi connectivity index (χ1) is 14.3. The van der Waals surface area contributed by atoms with Gasteiger partial charge in [0, 0.05) is 12.1 Å². The van der Waals surface area contributed by atoms with Gasteiger partial charge in [0.25, 0.3) is 11.7 Å². The predicted molar refractivity (Wildman–Crippen MR) is 116 cm³/mol. The van der Waals surface area contributed by atoms with Crippen LogP contribution in [-0.4, -0.2) is 60.9 Å². The number of methoxy groups -OCH3 is 1. The quantitative estimate of drug-likeness (QED) is 0.432. The van der Waals surface area contributed by atoms with E-state index in [1.54, 1.807) is 36.3 Å². The molecule has 158 valence electrons. The molecule has 6 heteroatoms. The number of rotatable bonds is 7. The van der Waals surface area contributed by atoms with Crippen LogP contribution < -0.4 is 4.74 Å². The average molecular weight is 408 g/mol. The van der Waals surface area contributed by atoms with Gasteiger partial charge >= 0.3 is 0 Å². The standard InChI is InChI=1S/C24H28N2O4/c1-16-6-8-17(9-7-16)21-20(22(27)18-10-12-19(30-4)13-11-18)23(28)24(29)26(21)15-5-14-25(2)3/h6-13,21,27H,5,14-15H2,1-4H3/t21-/m1/s1. The van der Waals surface area contributed by atoms with Crippen molar-refractivity contribution in [2.75, 3.05) is 34.3 Å². The number of hydrogen-bond acceptors (Lipinski definition) is 5. The molecule has 1 atom stereocenters. The van der Waals surface area contributed by atoms with Crippen LogP contribution in [0.5, 0.6) is 5.75 Å². The van der Waals surface area contributed by atoms with Gasteiger partial charge in [-0.05, 0) is 63.8 Å². The van der Waals surface area contributed by atoms with Crippen molar-refractivity contribution >= 4 is 17.4 Å². The van der Waals surface area contributed by atoms with Crippen LogP contribution in [0.15, 0.2) is 54.1 Å². The van der Waals surface area contributed by atoms with E-state index in [0.29, 0.717) is 17.9 Å². The van der Waals surface area contributed by atoms with Crippen LogP contribution in [0.1, 0.15) is 29.2 Å². The fourth-order valence-corrected chi connectivity index (χ4v) is 3.67. The smallest absolute Gasteiger partial charge is 0.295 e. The fourth-order valence-electron chi connectivity index (χ4n) is 3.67. The summed E-state index contributed by atoms with van der Waals surface area (Å²) in [6, 6.07) is 13.9. The Labute approximate surface area is 177 Å². The molecule has 0 aromatic heterocycles. The molecule has 0 radical (unpaired) electrons. The lowest BCUT2D eigenvalue weighted by molar-refractivity contribution is -0.139. The second-order valence-electron chi connectivity index (χ2n) is 7.79. The van der Waals surface area contributed by atoms with Crippen molar-refractivity contribution in [3.63, 3.8) is 0 Å². The number of Topliss-reactive ketones (excluding diaryl/α,β-unsaturated/α-hetero) is 1. The molecule has 1 fully saturated rings. The van der Waals surface area contributed by atoms with Crippen molar-refractivity contribution in [1.29, 1.82) is 0 Å². The minimum atomic E-state index is -0.654. The first-order valence-corrected chi connectivity index (χ1v) is 9.97. The van der Waals surface area contributed by atoms with Crippen molar-refractivity contribution in [1.82, 2.24) is 9.80 Å². The summed E-state index contributed by atoms with van der Waals surface area (Å²) >= 11 is 0. The molecule has 6 nitrogen and oxygen atoms in total. The highest BCUT2D eigenvalue weighted by molar-refractivity contribution is 6.46. The molecule has 3 rings (SSSR count). The monoisotopic (exact) mass is 408 g/mol. The van der Waals surface area contributed by atoms with Crippen molar-refractivity contribution in [3.8, 4) is 5.75 Å². The maximum Gasteiger partial charge on any atom is 0.295 e. The van der Waals surface area contributed by atoms with E-state index in [9.17, 15) is 14.7 Å². The summed E-state index contributed by atoms with van der Waals surface area (Å²) in [7, 11) is 5.50. The summed E-state index contributed by atoms with van der Waals surface area (Å²) in [5, 5.41) is 11.0. The first-order valence-electron chi connectivity index (χ1n) is 9.97. The molecule has 0 aliphatic carbocycles. The van der Waals surface area contributed by atoms with E-state index in [0.717, 1.165) is 24.1 Å². The molecule has 0 saturated carbocycles. The molecule has 1 saturated heterocycles. The number of ether oxygens (including phenoxy) is 1. The molecule has 1 aliphatic heterocycles. The molecule has 0 spiro atoms. The summed E-state index contributed by atoms with van der Waals surface area (Å²) in [5.41, 5.74) is 2.48. The van der Waals surface area contributed by atoms with Gasteiger partial charge in [0.15, 0.2) is 0 Å². The largest absolute Gasteiger partial charge is 0.507 e. The van der Waals surface area contributed by atoms with Gasteiger partial charge < -0.3 is 19.6 Å². The summed E-state index contributed by atoms with van der Waals surface area (Å²) in [6.07, 6.45) is 0.727. The molecular formula is C24H28N2O4. The van der Waals surface area contributed by atoms with Crippen LogP contribution in [0.3, 0.4) is 0 Å². The number of benzene rings is 2. The summed E-state index contributed by atoms with van der Waals surface area (Å²) in [5.74, 6) is -0.754. The maximum absolute atomic E-state index is 13.0. The molecule has 1 heterocycles. The Morgan fingerprint density at radius 2 is 1.70 bits per heavy atom. The zero-order valence-corrected chi connectivity index (χ0v) is 17.9. The summed E-state index contributed by atoms with van der Waals surface area (Å²) < 4.78 is 5.16. The highest BCUT2D eigenvalue weighted by Gasteiger charge is 2.45. The number of aliphatic hydroxyl groups is 1. The number of carbonyl (C=O) groups is 2. The Morgan fingerprint density at radius 1 is 1.07 bits per heavy atom. The van der Waals surface area contributed by atoms with Crippen LogP contribution >= 0.6 is 0 Å². The van der Waals surface area contributed by atoms with Gasteiger partial charge in [-0.15, -0.1) is 0 Å². The zero-order valence-electron chi connectivity index (χ0n) is 17.9. The van der Waals surface area contributed by atoms with Gasteiger partial charge in [-0.25, -0.2) is 0 Å². The lowest BCUT2D eigenvalue weighted by Gasteiger charge is -2.26. The summed E-state index contributed by atoms with van der Waals surface area (Å²) in [4.78, 5) is 29.4. The van der Waals surface area contributed by atoms with Crippen molar-refractivity contribution in [2.45, 2.75) is 19.4 Å². The van der Waals surface area contributed by atoms with Crippen molar-refractivity contribution in [2.24, 2.45) is 0 Å². The van der Waals surface area contributed by atoms with Gasteiger partial charge in [0.1, 0.15) is 11.5 Å². The van der Waals surface area contributed by atoms with E-state index in [2.05, 4.69) is 0 Å². The van der Waals surface area contributed by atoms with Gasteiger partial charge in [-0.2, -0.15) is 0 Å². The lowest BCUT2D eigenvalue weighted by Crippen LogP contribution is -2.32. The minimum Gasteiger partial charge on any atom is -0.507 e. The fraction of sp³-hybridized carbons (Fsp3) is 0.333. The highest BCUT2D eigenvalue weighted by Crippen LogP contribution is 2.39. The van der Waals surface area contributed by atoms with Gasteiger partial charge in [0.2, 0.25) is 0 Å². The Bertz CT molecular complexity index is 946. The second kappa shape index (κ2) is 9.13. The van der Waals surface area contributed by atoms with Crippen LogP contribution in [0.25, 0.3) is 5.76 Å². The number of hydrogen-bond donors (Lipinski definition) is 1. The Kier molecular flexibility index (Phi) is 6.57. The third kappa shape index (κ3) is 4.39. The molecule has 2 aromatic carbocycles. The van der Waals surface area contributed by atoms with Crippen LogP contribution in [-0.2, 0) is 9.59 Å². The second-order valence-corrected chi connectivity index (χ2v) is 7.79. The molecular weight excluding hydrogens is 380 g/mol. The normalized spacial score (nSPS) is 18.3. The third-order valence-corrected chi connectivity index (χ3v) is 5.30. The predicted octanol–water partition coefficient (Wildman–Crippen LogP) is 3.38. The number of ketones is 1. The molecule has 0 unspecified atom stereocenters. The maximum atomic E-state index is 13.0. The number of likely N-dealkylation sites (tertiary alicyclic amines) is 1. The van der Waals surface area contributed by atoms with E-state index < -0.39 is 17.7 Å². The molecule has 1 amide bonds. The number of nitrogens with zero attached hydrogens (tertiary/aromatic N) is 2. The molecule has 1 N–H and O–H groups in total. The molecule has 0 bridgehead atoms. The van der Waals surface area contributed by atoms with Gasteiger partial charge in [-0.1, -0.05) is 29.8 Å². The van der Waals surface area contributed by atoms with E-state index in [1.165, 1.54) is 0 Å². The molecule has 1 aliphatic rings. The van der Waals surface area contributed by atoms with Crippen LogP contribution in [0.4, 0.5) is 0 Å². The Balaban J connectivity index is 2.06. The van der Waals surface area contributed by atoms with Crippen molar-refractivity contribution < 1.29 is 19.4 Å². The highest BCUT2D eigenvalue weighted by atomic mass is 16.5. The number of carbonyl (C=O) groups excluding carboxylic acids is 2. The number of amides is 1. The van der Waals surface area contributed by atoms with Crippen LogP contribution in [0, 0.1) is 6.92 Å². The topological polar surface area (TPSA) is 70.1 Å². The number of aryl methyl sites for hydroxylation is 1. The van der Waals surface area contributed by atoms with Crippen LogP contribution in [0.2, 0.25) is 0 Å². The molecule has 2 aromatic rings. The third-order valence-electron chi connectivity index (χ3n) is 5.30. The Morgan fingerprint density at radius 3 is 2.27 bits per heavy atom. The summed E-state index contributed by atoms with van der Waals surface area (Å²) in [6.45, 7) is 3.21. The van der Waals surface area contributed by atoms with Gasteiger partial charge in [-0.3, -0.25) is 9.59 Å². The zero-order chi connectivity index (χ0) is 21.8. The van der Waals surface area contributed by atoms with E-state index >= 15 is 0 Å². The first kappa shape index (κ1) is 21.6. The minimum absolute atomic E-state index is 0.124. The molecule has 30 heavy (non-hydrogen) atoms. The average Bonchev–Trinajstić information content (AvgIpc) is 2.98. The van der Waals surface area contributed by atoms with E-state index in [4.69, 9.17) is 4.74 Å². The van der Waals surface area contributed by atoms with Crippen molar-refractivity contribution in [3.05, 3.63) is 70.8 Å².